The highest BCUT2D eigenvalue weighted by Crippen LogP contribution is 2.23. The van der Waals surface area contributed by atoms with E-state index >= 15 is 0 Å². The van der Waals surface area contributed by atoms with E-state index in [1.807, 2.05) is 32.0 Å². The van der Waals surface area contributed by atoms with Gasteiger partial charge in [-0.25, -0.2) is 4.98 Å². The lowest BCUT2D eigenvalue weighted by Gasteiger charge is -2.30. The number of aromatic nitrogens is 1. The maximum atomic E-state index is 6.34. The van der Waals surface area contributed by atoms with Crippen LogP contribution in [0.3, 0.4) is 0 Å². The second kappa shape index (κ2) is 12.6. The van der Waals surface area contributed by atoms with Gasteiger partial charge in [-0.2, -0.15) is 0 Å². The minimum atomic E-state index is 0. The van der Waals surface area contributed by atoms with Crippen LogP contribution in [-0.2, 0) is 6.54 Å². The zero-order valence-electron chi connectivity index (χ0n) is 18.9. The molecule has 1 aliphatic heterocycles. The number of likely N-dealkylation sites (tertiary alicyclic amines) is 1. The molecule has 172 valence electrons. The Bertz CT molecular complexity index is 829. The molecule has 0 saturated carbocycles. The Morgan fingerprint density at radius 2 is 2.00 bits per heavy atom. The smallest absolute Gasteiger partial charge is 0.208 e. The van der Waals surface area contributed by atoms with Gasteiger partial charge in [0.15, 0.2) is 5.96 Å². The van der Waals surface area contributed by atoms with Gasteiger partial charge in [-0.15, -0.1) is 24.0 Å². The Morgan fingerprint density at radius 1 is 1.29 bits per heavy atom. The highest BCUT2D eigenvalue weighted by Gasteiger charge is 2.21. The maximum Gasteiger partial charge on any atom is 0.208 e. The van der Waals surface area contributed by atoms with Crippen LogP contribution in [0.1, 0.15) is 55.6 Å². The highest BCUT2D eigenvalue weighted by atomic mass is 127. The summed E-state index contributed by atoms with van der Waals surface area (Å²) in [6, 6.07) is 8.03. The number of aliphatic imine (C=N–C) groups is 1. The topological polar surface area (TPSA) is 65.7 Å². The standard InChI is InChI=1S/C23H34ClN5O.HI/c1-5-25-23(28-17(3)20-8-6-7-9-21(20)24)26-14-19-10-12-29(13-11-19)15-22-27-16(2)18(4)30-22;/h6-9,17,19H,5,10-15H2,1-4H3,(H2,25,26,28);1H. The minimum absolute atomic E-state index is 0. The zero-order chi connectivity index (χ0) is 21.5. The molecule has 0 spiro atoms. The molecule has 2 aromatic rings. The highest BCUT2D eigenvalue weighted by molar-refractivity contribution is 14.0. The van der Waals surface area contributed by atoms with Crippen molar-refractivity contribution < 1.29 is 4.42 Å². The number of hydrogen-bond donors (Lipinski definition) is 2. The van der Waals surface area contributed by atoms with E-state index < -0.39 is 0 Å². The van der Waals surface area contributed by atoms with Crippen LogP contribution < -0.4 is 10.6 Å². The van der Waals surface area contributed by atoms with Crippen LogP contribution in [0.4, 0.5) is 0 Å². The summed E-state index contributed by atoms with van der Waals surface area (Å²) in [5.74, 6) is 3.19. The third-order valence-electron chi connectivity index (χ3n) is 5.72. The van der Waals surface area contributed by atoms with Crippen molar-refractivity contribution in [2.24, 2.45) is 10.9 Å². The SMILES string of the molecule is CCNC(=NCC1CCN(Cc2nc(C)c(C)o2)CC1)NC(C)c1ccccc1Cl.I. The van der Waals surface area contributed by atoms with Gasteiger partial charge in [0.25, 0.3) is 0 Å². The molecule has 8 heteroatoms. The monoisotopic (exact) mass is 559 g/mol. The number of benzene rings is 1. The van der Waals surface area contributed by atoms with Crippen molar-refractivity contribution in [2.75, 3.05) is 26.2 Å². The summed E-state index contributed by atoms with van der Waals surface area (Å²) in [6.07, 6.45) is 2.28. The number of piperidine rings is 1. The van der Waals surface area contributed by atoms with Gasteiger partial charge in [0.2, 0.25) is 5.89 Å². The third kappa shape index (κ3) is 7.64. The molecule has 1 aromatic heterocycles. The number of aryl methyl sites for hydroxylation is 2. The van der Waals surface area contributed by atoms with E-state index in [9.17, 15) is 0 Å². The third-order valence-corrected chi connectivity index (χ3v) is 6.06. The van der Waals surface area contributed by atoms with E-state index in [1.165, 1.54) is 0 Å². The van der Waals surface area contributed by atoms with E-state index in [0.717, 1.165) is 79.5 Å². The molecule has 0 amide bonds. The fourth-order valence-electron chi connectivity index (χ4n) is 3.77. The Morgan fingerprint density at radius 3 is 2.61 bits per heavy atom. The van der Waals surface area contributed by atoms with Gasteiger partial charge in [0.05, 0.1) is 18.3 Å². The molecule has 1 atom stereocenters. The van der Waals surface area contributed by atoms with Gasteiger partial charge < -0.3 is 15.1 Å². The predicted molar refractivity (Wildman–Crippen MR) is 138 cm³/mol. The van der Waals surface area contributed by atoms with Gasteiger partial charge in [0.1, 0.15) is 5.76 Å². The summed E-state index contributed by atoms with van der Waals surface area (Å²) in [6.45, 7) is 12.7. The number of halogens is 2. The summed E-state index contributed by atoms with van der Waals surface area (Å²) in [7, 11) is 0. The Balaban J connectivity index is 0.00000341. The molecule has 1 saturated heterocycles. The predicted octanol–water partition coefficient (Wildman–Crippen LogP) is 5.09. The zero-order valence-corrected chi connectivity index (χ0v) is 22.0. The summed E-state index contributed by atoms with van der Waals surface area (Å²) in [5, 5.41) is 7.62. The maximum absolute atomic E-state index is 6.34. The Kier molecular flexibility index (Phi) is 10.6. The molecular formula is C23H35ClIN5O. The van der Waals surface area contributed by atoms with Gasteiger partial charge in [-0.05, 0) is 71.2 Å². The summed E-state index contributed by atoms with van der Waals surface area (Å²) in [4.78, 5) is 11.8. The lowest BCUT2D eigenvalue weighted by atomic mass is 9.97. The molecule has 0 radical (unpaired) electrons. The molecular weight excluding hydrogens is 525 g/mol. The summed E-state index contributed by atoms with van der Waals surface area (Å²) >= 11 is 6.34. The normalized spacial score (nSPS) is 16.6. The first-order valence-corrected chi connectivity index (χ1v) is 11.3. The molecule has 0 bridgehead atoms. The molecule has 6 nitrogen and oxygen atoms in total. The van der Waals surface area contributed by atoms with Crippen LogP contribution in [-0.4, -0.2) is 42.0 Å². The summed E-state index contributed by atoms with van der Waals surface area (Å²) < 4.78 is 5.73. The lowest BCUT2D eigenvalue weighted by molar-refractivity contribution is 0.166. The molecule has 1 unspecified atom stereocenters. The van der Waals surface area contributed by atoms with Crippen molar-refractivity contribution in [1.29, 1.82) is 0 Å². The van der Waals surface area contributed by atoms with E-state index in [-0.39, 0.29) is 30.0 Å². The van der Waals surface area contributed by atoms with Crippen LogP contribution in [0.15, 0.2) is 33.7 Å². The van der Waals surface area contributed by atoms with Crippen LogP contribution in [0, 0.1) is 19.8 Å². The molecule has 1 fully saturated rings. The molecule has 1 aromatic carbocycles. The molecule has 0 aliphatic carbocycles. The van der Waals surface area contributed by atoms with Crippen LogP contribution >= 0.6 is 35.6 Å². The number of nitrogens with zero attached hydrogens (tertiary/aromatic N) is 3. The van der Waals surface area contributed by atoms with Crippen molar-refractivity contribution >= 4 is 41.5 Å². The van der Waals surface area contributed by atoms with Crippen LogP contribution in [0.5, 0.6) is 0 Å². The lowest BCUT2D eigenvalue weighted by Crippen LogP contribution is -2.40. The molecule has 31 heavy (non-hydrogen) atoms. The fraction of sp³-hybridized carbons (Fsp3) is 0.565. The number of hydrogen-bond acceptors (Lipinski definition) is 4. The molecule has 3 rings (SSSR count). The molecule has 2 heterocycles. The quantitative estimate of drug-likeness (QED) is 0.281. The molecule has 2 N–H and O–H groups in total. The second-order valence-electron chi connectivity index (χ2n) is 8.08. The van der Waals surface area contributed by atoms with Crippen molar-refractivity contribution in [1.82, 2.24) is 20.5 Å². The minimum Gasteiger partial charge on any atom is -0.444 e. The number of guanidine groups is 1. The van der Waals surface area contributed by atoms with Gasteiger partial charge >= 0.3 is 0 Å². The number of oxazole rings is 1. The molecule has 1 aliphatic rings. The van der Waals surface area contributed by atoms with E-state index in [4.69, 9.17) is 21.0 Å². The van der Waals surface area contributed by atoms with Gasteiger partial charge in [0, 0.05) is 18.1 Å². The average Bonchev–Trinajstić information content (AvgIpc) is 3.04. The first-order chi connectivity index (χ1) is 14.5. The fourth-order valence-corrected chi connectivity index (χ4v) is 4.07. The second-order valence-corrected chi connectivity index (χ2v) is 8.48. The van der Waals surface area contributed by atoms with Crippen LogP contribution in [0.25, 0.3) is 0 Å². The largest absolute Gasteiger partial charge is 0.444 e. The van der Waals surface area contributed by atoms with E-state index in [2.05, 4.69) is 40.4 Å². The Labute approximate surface area is 208 Å². The van der Waals surface area contributed by atoms with Crippen molar-refractivity contribution in [3.8, 4) is 0 Å². The average molecular weight is 560 g/mol. The van der Waals surface area contributed by atoms with E-state index in [0.29, 0.717) is 5.92 Å². The van der Waals surface area contributed by atoms with Crippen LogP contribution in [0.2, 0.25) is 5.02 Å². The number of rotatable bonds is 7. The van der Waals surface area contributed by atoms with Crippen molar-refractivity contribution in [2.45, 2.75) is 53.1 Å². The Hall–Kier alpha value is -1.32. The first-order valence-electron chi connectivity index (χ1n) is 10.9. The number of nitrogens with one attached hydrogen (secondary N) is 2. The van der Waals surface area contributed by atoms with E-state index in [1.54, 1.807) is 0 Å². The summed E-state index contributed by atoms with van der Waals surface area (Å²) in [5.41, 5.74) is 2.07. The van der Waals surface area contributed by atoms with Gasteiger partial charge in [-0.1, -0.05) is 29.8 Å². The van der Waals surface area contributed by atoms with Crippen molar-refractivity contribution in [3.05, 3.63) is 52.2 Å². The van der Waals surface area contributed by atoms with Crippen molar-refractivity contribution in [3.63, 3.8) is 0 Å². The first kappa shape index (κ1) is 25.9. The van der Waals surface area contributed by atoms with Gasteiger partial charge in [-0.3, -0.25) is 9.89 Å².